The monoisotopic (exact) mass is 422 g/mol. The van der Waals surface area contributed by atoms with Crippen molar-refractivity contribution in [1.29, 1.82) is 0 Å². The van der Waals surface area contributed by atoms with Crippen LogP contribution < -0.4 is 9.62 Å². The van der Waals surface area contributed by atoms with Gasteiger partial charge in [0.2, 0.25) is 5.78 Å². The maximum atomic E-state index is 13.4. The maximum absolute atomic E-state index is 13.4. The Hall–Kier alpha value is -3.45. The molecular weight excluding hydrogens is 403 g/mol. The van der Waals surface area contributed by atoms with E-state index in [-0.39, 0.29) is 6.54 Å². The van der Waals surface area contributed by atoms with Crippen LogP contribution in [0.2, 0.25) is 0 Å². The zero-order valence-corrected chi connectivity index (χ0v) is 17.0. The van der Waals surface area contributed by atoms with E-state index in [1.807, 2.05) is 31.2 Å². The van der Waals surface area contributed by atoms with E-state index in [2.05, 4.69) is 5.32 Å². The third-order valence-corrected chi connectivity index (χ3v) is 6.58. The first kappa shape index (κ1) is 19.8. The molecule has 1 aliphatic heterocycles. The third-order valence-electron chi connectivity index (χ3n) is 4.81. The number of benzene rings is 3. The highest BCUT2D eigenvalue weighted by molar-refractivity contribution is 7.97. The van der Waals surface area contributed by atoms with Crippen molar-refractivity contribution in [3.8, 4) is 0 Å². The van der Waals surface area contributed by atoms with Gasteiger partial charge in [-0.1, -0.05) is 48.0 Å². The van der Waals surface area contributed by atoms with Crippen LogP contribution in [0.25, 0.3) is 0 Å². The molecule has 0 bridgehead atoms. The molecule has 0 spiro atoms. The molecule has 3 aromatic carbocycles. The lowest BCUT2D eigenvalue weighted by atomic mass is 10.1. The van der Waals surface area contributed by atoms with Crippen LogP contribution in [0.15, 0.2) is 83.9 Å². The average molecular weight is 422 g/mol. The number of para-hydroxylation sites is 1. The van der Waals surface area contributed by atoms with E-state index in [4.69, 9.17) is 0 Å². The molecular formula is C23H19FN2O3S. The standard InChI is InChI=1S/C23H19FN2O3S/c1-16-6-4-7-17(12-16)15-26-21-11-3-2-10-20(21)23(27)22(30(26,28)29)14-25-19-9-5-8-18(24)13-19/h2-14,25H,15H2,1H3. The Morgan fingerprint density at radius 1 is 1.00 bits per heavy atom. The second kappa shape index (κ2) is 7.76. The molecule has 1 aliphatic rings. The van der Waals surface area contributed by atoms with E-state index in [0.29, 0.717) is 16.9 Å². The van der Waals surface area contributed by atoms with Crippen molar-refractivity contribution in [1.82, 2.24) is 0 Å². The lowest BCUT2D eigenvalue weighted by Gasteiger charge is -2.31. The van der Waals surface area contributed by atoms with E-state index in [1.54, 1.807) is 30.3 Å². The summed E-state index contributed by atoms with van der Waals surface area (Å²) in [5, 5.41) is 2.74. The second-order valence-corrected chi connectivity index (χ2v) is 8.84. The zero-order chi connectivity index (χ0) is 21.3. The normalized spacial score (nSPS) is 16.4. The first-order valence-electron chi connectivity index (χ1n) is 9.30. The predicted octanol–water partition coefficient (Wildman–Crippen LogP) is 4.62. The zero-order valence-electron chi connectivity index (χ0n) is 16.2. The molecule has 0 aromatic heterocycles. The van der Waals surface area contributed by atoms with E-state index < -0.39 is 26.5 Å². The quantitative estimate of drug-likeness (QED) is 0.623. The van der Waals surface area contributed by atoms with E-state index in [1.165, 1.54) is 22.5 Å². The summed E-state index contributed by atoms with van der Waals surface area (Å²) >= 11 is 0. The molecule has 0 unspecified atom stereocenters. The number of ketones is 1. The number of Topliss-reactive ketones (excluding diaryl/α,β-unsaturated/α-hetero) is 1. The Morgan fingerprint density at radius 2 is 1.77 bits per heavy atom. The lowest BCUT2D eigenvalue weighted by molar-refractivity contribution is 0.104. The topological polar surface area (TPSA) is 66.5 Å². The Labute approximate surface area is 174 Å². The number of halogens is 1. The van der Waals surface area contributed by atoms with Crippen molar-refractivity contribution < 1.29 is 17.6 Å². The number of aryl methyl sites for hydroxylation is 1. The van der Waals surface area contributed by atoms with Gasteiger partial charge in [0.25, 0.3) is 10.0 Å². The molecule has 0 fully saturated rings. The summed E-state index contributed by atoms with van der Waals surface area (Å²) in [6, 6.07) is 19.7. The van der Waals surface area contributed by atoms with Gasteiger partial charge in [-0.05, 0) is 42.8 Å². The largest absolute Gasteiger partial charge is 0.360 e. The molecule has 0 radical (unpaired) electrons. The number of fused-ring (bicyclic) bond motifs is 1. The minimum absolute atomic E-state index is 0.0889. The van der Waals surface area contributed by atoms with Gasteiger partial charge in [0.05, 0.1) is 12.2 Å². The Morgan fingerprint density at radius 3 is 2.53 bits per heavy atom. The number of hydrogen-bond donors (Lipinski definition) is 1. The number of hydrogen-bond acceptors (Lipinski definition) is 4. The van der Waals surface area contributed by atoms with Gasteiger partial charge >= 0.3 is 0 Å². The molecule has 1 N–H and O–H groups in total. The van der Waals surface area contributed by atoms with Crippen LogP contribution in [0.4, 0.5) is 15.8 Å². The maximum Gasteiger partial charge on any atom is 0.270 e. The van der Waals surface area contributed by atoms with Crippen LogP contribution in [0.5, 0.6) is 0 Å². The molecule has 152 valence electrons. The van der Waals surface area contributed by atoms with Gasteiger partial charge in [-0.25, -0.2) is 12.8 Å². The molecule has 0 saturated heterocycles. The van der Waals surface area contributed by atoms with Crippen molar-refractivity contribution in [2.75, 3.05) is 9.62 Å². The van der Waals surface area contributed by atoms with Gasteiger partial charge in [0.15, 0.2) is 4.91 Å². The summed E-state index contributed by atoms with van der Waals surface area (Å²) in [7, 11) is -4.13. The van der Waals surface area contributed by atoms with Crippen molar-refractivity contribution >= 4 is 27.2 Å². The third kappa shape index (κ3) is 3.71. The summed E-state index contributed by atoms with van der Waals surface area (Å²) < 4.78 is 41.4. The van der Waals surface area contributed by atoms with E-state index >= 15 is 0 Å². The van der Waals surface area contributed by atoms with Gasteiger partial charge in [-0.2, -0.15) is 0 Å². The van der Waals surface area contributed by atoms with Gasteiger partial charge in [-0.3, -0.25) is 9.10 Å². The van der Waals surface area contributed by atoms with Crippen LogP contribution >= 0.6 is 0 Å². The average Bonchev–Trinajstić information content (AvgIpc) is 2.71. The highest BCUT2D eigenvalue weighted by Gasteiger charge is 2.40. The molecule has 0 aliphatic carbocycles. The fraction of sp³-hybridized carbons (Fsp3) is 0.0870. The Balaban J connectivity index is 1.79. The first-order chi connectivity index (χ1) is 14.4. The van der Waals surface area contributed by atoms with Crippen LogP contribution in [0, 0.1) is 12.7 Å². The van der Waals surface area contributed by atoms with E-state index in [0.717, 1.165) is 17.3 Å². The Bertz CT molecular complexity index is 1270. The van der Waals surface area contributed by atoms with Gasteiger partial charge in [0.1, 0.15) is 5.82 Å². The summed E-state index contributed by atoms with van der Waals surface area (Å²) in [4.78, 5) is 12.6. The number of nitrogens with one attached hydrogen (secondary N) is 1. The number of carbonyl (C=O) groups excluding carboxylic acids is 1. The molecule has 3 aromatic rings. The summed E-state index contributed by atoms with van der Waals surface area (Å²) in [6.07, 6.45) is 1.13. The fourth-order valence-corrected chi connectivity index (χ4v) is 4.92. The second-order valence-electron chi connectivity index (χ2n) is 7.01. The molecule has 0 amide bonds. The van der Waals surface area contributed by atoms with Gasteiger partial charge in [-0.15, -0.1) is 0 Å². The molecule has 1 heterocycles. The first-order valence-corrected chi connectivity index (χ1v) is 10.7. The summed E-state index contributed by atoms with van der Waals surface area (Å²) in [5.74, 6) is -1.07. The van der Waals surface area contributed by atoms with Crippen LogP contribution in [-0.2, 0) is 16.6 Å². The number of anilines is 2. The minimum Gasteiger partial charge on any atom is -0.360 e. The fourth-order valence-electron chi connectivity index (χ4n) is 3.39. The molecule has 7 heteroatoms. The molecule has 30 heavy (non-hydrogen) atoms. The van der Waals surface area contributed by atoms with Crippen LogP contribution in [-0.4, -0.2) is 14.2 Å². The number of nitrogens with zero attached hydrogens (tertiary/aromatic N) is 1. The Kier molecular flexibility index (Phi) is 5.13. The smallest absolute Gasteiger partial charge is 0.270 e. The van der Waals surface area contributed by atoms with E-state index in [9.17, 15) is 17.6 Å². The number of carbonyl (C=O) groups is 1. The predicted molar refractivity (Wildman–Crippen MR) is 115 cm³/mol. The van der Waals surface area contributed by atoms with Crippen molar-refractivity contribution in [2.45, 2.75) is 13.5 Å². The van der Waals surface area contributed by atoms with Gasteiger partial charge in [0, 0.05) is 17.5 Å². The van der Waals surface area contributed by atoms with Gasteiger partial charge < -0.3 is 5.32 Å². The molecule has 5 nitrogen and oxygen atoms in total. The lowest BCUT2D eigenvalue weighted by Crippen LogP contribution is -2.39. The highest BCUT2D eigenvalue weighted by Crippen LogP contribution is 2.36. The number of allylic oxidation sites excluding steroid dienone is 1. The van der Waals surface area contributed by atoms with Crippen LogP contribution in [0.1, 0.15) is 21.5 Å². The number of rotatable bonds is 4. The van der Waals surface area contributed by atoms with Crippen molar-refractivity contribution in [3.63, 3.8) is 0 Å². The molecule has 0 saturated carbocycles. The minimum atomic E-state index is -4.13. The highest BCUT2D eigenvalue weighted by atomic mass is 32.2. The molecule has 4 rings (SSSR count). The van der Waals surface area contributed by atoms with Crippen molar-refractivity contribution in [3.05, 3.63) is 106 Å². The number of sulfonamides is 1. The molecule has 0 atom stereocenters. The SMILES string of the molecule is Cc1cccc(CN2c3ccccc3C(=O)C(=CNc3cccc(F)c3)S2(=O)=O)c1. The van der Waals surface area contributed by atoms with Crippen LogP contribution in [0.3, 0.4) is 0 Å². The summed E-state index contributed by atoms with van der Waals surface area (Å²) in [6.45, 7) is 2.02. The van der Waals surface area contributed by atoms with Crippen molar-refractivity contribution in [2.24, 2.45) is 0 Å². The summed E-state index contributed by atoms with van der Waals surface area (Å²) in [5.41, 5.74) is 2.80.